The summed E-state index contributed by atoms with van der Waals surface area (Å²) in [7, 11) is 3.26. The molecule has 0 aliphatic heterocycles. The standard InChI is InChI=1S/C19H25N3O2S/c1-13(2)11-17(14-5-8-16(23-3)9-6-14)22-19(25)21-15-7-10-18(24-4)20-12-15/h5-10,12-13,17H,11H2,1-4H3,(H2,21,22,25)/t17-/m1/s1. The van der Waals surface area contributed by atoms with Crippen molar-refractivity contribution >= 4 is 23.0 Å². The number of rotatable bonds is 7. The highest BCUT2D eigenvalue weighted by molar-refractivity contribution is 7.80. The number of hydrogen-bond acceptors (Lipinski definition) is 4. The van der Waals surface area contributed by atoms with Gasteiger partial charge in [-0.25, -0.2) is 4.98 Å². The van der Waals surface area contributed by atoms with E-state index in [2.05, 4.69) is 41.6 Å². The molecule has 0 spiro atoms. The van der Waals surface area contributed by atoms with Gasteiger partial charge in [-0.05, 0) is 48.3 Å². The largest absolute Gasteiger partial charge is 0.497 e. The Labute approximate surface area is 154 Å². The van der Waals surface area contributed by atoms with Gasteiger partial charge in [0.15, 0.2) is 5.11 Å². The van der Waals surface area contributed by atoms with Crippen molar-refractivity contribution in [1.82, 2.24) is 10.3 Å². The number of aromatic nitrogens is 1. The number of anilines is 1. The second kappa shape index (κ2) is 9.22. The lowest BCUT2D eigenvalue weighted by Crippen LogP contribution is -2.33. The third-order valence-corrected chi connectivity index (χ3v) is 3.95. The highest BCUT2D eigenvalue weighted by atomic mass is 32.1. The SMILES string of the molecule is COc1ccc([C@@H](CC(C)C)NC(=S)Nc2ccc(OC)nc2)cc1. The molecule has 0 radical (unpaired) electrons. The van der Waals surface area contributed by atoms with E-state index < -0.39 is 0 Å². The lowest BCUT2D eigenvalue weighted by atomic mass is 9.97. The molecule has 5 nitrogen and oxygen atoms in total. The average molecular weight is 359 g/mol. The summed E-state index contributed by atoms with van der Waals surface area (Å²) in [5.74, 6) is 1.95. The van der Waals surface area contributed by atoms with Crippen LogP contribution in [0.15, 0.2) is 42.6 Å². The molecule has 2 aromatic rings. The summed E-state index contributed by atoms with van der Waals surface area (Å²) in [6, 6.07) is 11.9. The van der Waals surface area contributed by atoms with Gasteiger partial charge in [-0.2, -0.15) is 0 Å². The predicted molar refractivity (Wildman–Crippen MR) is 105 cm³/mol. The van der Waals surface area contributed by atoms with Crippen LogP contribution in [0.25, 0.3) is 0 Å². The van der Waals surface area contributed by atoms with Crippen LogP contribution in [0.3, 0.4) is 0 Å². The molecule has 0 saturated heterocycles. The zero-order valence-electron chi connectivity index (χ0n) is 15.1. The summed E-state index contributed by atoms with van der Waals surface area (Å²) in [4.78, 5) is 4.17. The molecule has 1 aromatic heterocycles. The van der Waals surface area contributed by atoms with Gasteiger partial charge < -0.3 is 20.1 Å². The fourth-order valence-corrected chi connectivity index (χ4v) is 2.75. The van der Waals surface area contributed by atoms with Crippen LogP contribution >= 0.6 is 12.2 Å². The lowest BCUT2D eigenvalue weighted by molar-refractivity contribution is 0.398. The molecule has 1 aromatic carbocycles. The van der Waals surface area contributed by atoms with Gasteiger partial charge in [0.05, 0.1) is 32.1 Å². The van der Waals surface area contributed by atoms with Gasteiger partial charge in [0.2, 0.25) is 5.88 Å². The molecule has 6 heteroatoms. The van der Waals surface area contributed by atoms with Crippen LogP contribution in [-0.4, -0.2) is 24.3 Å². The molecule has 1 heterocycles. The van der Waals surface area contributed by atoms with Crippen molar-refractivity contribution in [3.05, 3.63) is 48.2 Å². The Morgan fingerprint density at radius 2 is 1.80 bits per heavy atom. The molecular weight excluding hydrogens is 334 g/mol. The van der Waals surface area contributed by atoms with E-state index in [9.17, 15) is 0 Å². The van der Waals surface area contributed by atoms with E-state index in [1.54, 1.807) is 26.5 Å². The summed E-state index contributed by atoms with van der Waals surface area (Å²) in [6.45, 7) is 4.39. The first kappa shape index (κ1) is 19.0. The summed E-state index contributed by atoms with van der Waals surface area (Å²) in [5.41, 5.74) is 1.99. The maximum absolute atomic E-state index is 5.47. The van der Waals surface area contributed by atoms with Gasteiger partial charge in [-0.3, -0.25) is 0 Å². The molecule has 0 fully saturated rings. The highest BCUT2D eigenvalue weighted by Gasteiger charge is 2.15. The molecule has 2 N–H and O–H groups in total. The van der Waals surface area contributed by atoms with Gasteiger partial charge in [0, 0.05) is 6.07 Å². The zero-order valence-corrected chi connectivity index (χ0v) is 15.9. The van der Waals surface area contributed by atoms with Crippen molar-refractivity contribution in [3.63, 3.8) is 0 Å². The fraction of sp³-hybridized carbons (Fsp3) is 0.368. The fourth-order valence-electron chi connectivity index (χ4n) is 2.49. The molecule has 0 unspecified atom stereocenters. The van der Waals surface area contributed by atoms with Gasteiger partial charge in [-0.1, -0.05) is 26.0 Å². The molecule has 134 valence electrons. The van der Waals surface area contributed by atoms with E-state index >= 15 is 0 Å². The summed E-state index contributed by atoms with van der Waals surface area (Å²) in [6.07, 6.45) is 2.66. The van der Waals surface area contributed by atoms with Crippen LogP contribution in [0, 0.1) is 5.92 Å². The average Bonchev–Trinajstić information content (AvgIpc) is 2.61. The quantitative estimate of drug-likeness (QED) is 0.724. The number of benzene rings is 1. The van der Waals surface area contributed by atoms with Crippen molar-refractivity contribution in [1.29, 1.82) is 0 Å². The first-order valence-corrected chi connectivity index (χ1v) is 8.64. The minimum absolute atomic E-state index is 0.122. The Morgan fingerprint density at radius 1 is 1.08 bits per heavy atom. The van der Waals surface area contributed by atoms with E-state index in [0.29, 0.717) is 16.9 Å². The van der Waals surface area contributed by atoms with Crippen LogP contribution in [0.1, 0.15) is 31.9 Å². The van der Waals surface area contributed by atoms with Crippen LogP contribution < -0.4 is 20.1 Å². The number of hydrogen-bond donors (Lipinski definition) is 2. The molecular formula is C19H25N3O2S. The normalized spacial score (nSPS) is 11.7. The van der Waals surface area contributed by atoms with E-state index in [1.165, 1.54) is 5.56 Å². The van der Waals surface area contributed by atoms with Crippen molar-refractivity contribution < 1.29 is 9.47 Å². The van der Waals surface area contributed by atoms with Crippen molar-refractivity contribution in [2.45, 2.75) is 26.3 Å². The summed E-state index contributed by atoms with van der Waals surface area (Å²) >= 11 is 5.47. The van der Waals surface area contributed by atoms with Crippen molar-refractivity contribution in [2.75, 3.05) is 19.5 Å². The molecule has 0 aliphatic carbocycles. The summed E-state index contributed by atoms with van der Waals surface area (Å²) < 4.78 is 10.3. The van der Waals surface area contributed by atoms with E-state index in [1.807, 2.05) is 18.2 Å². The number of pyridine rings is 1. The van der Waals surface area contributed by atoms with Gasteiger partial charge >= 0.3 is 0 Å². The third kappa shape index (κ3) is 5.90. The van der Waals surface area contributed by atoms with Crippen LogP contribution in [0.2, 0.25) is 0 Å². The molecule has 1 atom stereocenters. The van der Waals surface area contributed by atoms with Crippen LogP contribution in [0.5, 0.6) is 11.6 Å². The topological polar surface area (TPSA) is 55.4 Å². The Balaban J connectivity index is 2.05. The zero-order chi connectivity index (χ0) is 18.2. The van der Waals surface area contributed by atoms with E-state index in [4.69, 9.17) is 21.7 Å². The number of ether oxygens (including phenoxy) is 2. The third-order valence-electron chi connectivity index (χ3n) is 3.73. The Kier molecular flexibility index (Phi) is 7.01. The monoisotopic (exact) mass is 359 g/mol. The number of nitrogens with zero attached hydrogens (tertiary/aromatic N) is 1. The van der Waals surface area contributed by atoms with Crippen molar-refractivity contribution in [2.24, 2.45) is 5.92 Å². The second-order valence-corrected chi connectivity index (χ2v) is 6.55. The number of methoxy groups -OCH3 is 2. The van der Waals surface area contributed by atoms with Gasteiger partial charge in [0.25, 0.3) is 0 Å². The first-order chi connectivity index (χ1) is 12.0. The minimum atomic E-state index is 0.122. The number of thiocarbonyl (C=S) groups is 1. The Bertz CT molecular complexity index is 672. The highest BCUT2D eigenvalue weighted by Crippen LogP contribution is 2.24. The Morgan fingerprint density at radius 3 is 2.32 bits per heavy atom. The predicted octanol–water partition coefficient (Wildman–Crippen LogP) is 4.17. The van der Waals surface area contributed by atoms with E-state index in [0.717, 1.165) is 17.9 Å². The minimum Gasteiger partial charge on any atom is -0.497 e. The molecule has 0 aliphatic rings. The Hall–Kier alpha value is -2.34. The van der Waals surface area contributed by atoms with Crippen LogP contribution in [0.4, 0.5) is 5.69 Å². The second-order valence-electron chi connectivity index (χ2n) is 6.14. The maximum Gasteiger partial charge on any atom is 0.213 e. The molecule has 2 rings (SSSR count). The first-order valence-electron chi connectivity index (χ1n) is 8.23. The van der Waals surface area contributed by atoms with E-state index in [-0.39, 0.29) is 6.04 Å². The lowest BCUT2D eigenvalue weighted by Gasteiger charge is -2.23. The maximum atomic E-state index is 5.47. The van der Waals surface area contributed by atoms with Gasteiger partial charge in [0.1, 0.15) is 5.75 Å². The smallest absolute Gasteiger partial charge is 0.213 e. The van der Waals surface area contributed by atoms with Gasteiger partial charge in [-0.15, -0.1) is 0 Å². The molecule has 25 heavy (non-hydrogen) atoms. The molecule has 0 amide bonds. The van der Waals surface area contributed by atoms with Crippen LogP contribution in [-0.2, 0) is 0 Å². The molecule has 0 bridgehead atoms. The number of nitrogens with one attached hydrogen (secondary N) is 2. The summed E-state index contributed by atoms with van der Waals surface area (Å²) in [5, 5.41) is 7.13. The molecule has 0 saturated carbocycles. The van der Waals surface area contributed by atoms with Crippen molar-refractivity contribution in [3.8, 4) is 11.6 Å².